The van der Waals surface area contributed by atoms with Crippen LogP contribution in [0.2, 0.25) is 0 Å². The average Bonchev–Trinajstić information content (AvgIpc) is 2.72. The molecular weight excluding hydrogens is 350 g/mol. The fourth-order valence-corrected chi connectivity index (χ4v) is 1.55. The molecule has 0 aromatic carbocycles. The molecule has 0 spiro atoms. The van der Waals surface area contributed by atoms with E-state index >= 15 is 0 Å². The van der Waals surface area contributed by atoms with Gasteiger partial charge in [-0.15, -0.1) is 0 Å². The SMILES string of the molecule is Cc1ccccn1.Cc1ccncn1.Cc1cnccn1.Cc1ncccn1. The number of hydrogen-bond donors (Lipinski definition) is 0. The van der Waals surface area contributed by atoms with Gasteiger partial charge in [0, 0.05) is 54.8 Å². The minimum Gasteiger partial charge on any atom is -0.262 e. The molecule has 0 amide bonds. The first-order valence-corrected chi connectivity index (χ1v) is 8.64. The Labute approximate surface area is 166 Å². The summed E-state index contributed by atoms with van der Waals surface area (Å²) in [4.78, 5) is 27.1. The van der Waals surface area contributed by atoms with Gasteiger partial charge in [-0.3, -0.25) is 15.0 Å². The Balaban J connectivity index is 0.000000187. The standard InChI is InChI=1S/C6H7N.3C5H6N2/c1-6-4-2-3-5-7-6;1-5-4-6-2-3-7-5;1-5-2-3-6-4-7-5;1-5-6-3-2-4-7-5/h2-5H,1H3;3*2-4H,1H3. The maximum atomic E-state index is 3.98. The summed E-state index contributed by atoms with van der Waals surface area (Å²) in [7, 11) is 0. The predicted octanol–water partition coefficient (Wildman–Crippen LogP) is 3.75. The zero-order valence-corrected chi connectivity index (χ0v) is 16.6. The first-order valence-electron chi connectivity index (χ1n) is 8.64. The lowest BCUT2D eigenvalue weighted by Crippen LogP contribution is -1.80. The van der Waals surface area contributed by atoms with Crippen LogP contribution in [0.5, 0.6) is 0 Å². The molecule has 144 valence electrons. The summed E-state index contributed by atoms with van der Waals surface area (Å²) in [5.74, 6) is 0.822. The summed E-state index contributed by atoms with van der Waals surface area (Å²) < 4.78 is 0. The second-order valence-corrected chi connectivity index (χ2v) is 5.46. The first-order chi connectivity index (χ1) is 13.6. The van der Waals surface area contributed by atoms with Gasteiger partial charge in [-0.05, 0) is 52.0 Å². The summed E-state index contributed by atoms with van der Waals surface area (Å²) >= 11 is 0. The molecule has 0 N–H and O–H groups in total. The third kappa shape index (κ3) is 12.7. The van der Waals surface area contributed by atoms with Gasteiger partial charge < -0.3 is 0 Å². The molecular formula is C21H25N7. The van der Waals surface area contributed by atoms with Crippen LogP contribution in [0.25, 0.3) is 0 Å². The van der Waals surface area contributed by atoms with Crippen LogP contribution in [0, 0.1) is 27.7 Å². The van der Waals surface area contributed by atoms with Crippen LogP contribution in [0.3, 0.4) is 0 Å². The normalized spacial score (nSPS) is 8.71. The van der Waals surface area contributed by atoms with E-state index in [1.807, 2.05) is 52.0 Å². The molecule has 0 radical (unpaired) electrons. The highest BCUT2D eigenvalue weighted by atomic mass is 14.8. The number of aryl methyl sites for hydroxylation is 4. The third-order valence-corrected chi connectivity index (χ3v) is 2.93. The molecule has 0 saturated heterocycles. The van der Waals surface area contributed by atoms with Crippen molar-refractivity contribution in [2.24, 2.45) is 0 Å². The van der Waals surface area contributed by atoms with E-state index in [0.717, 1.165) is 22.9 Å². The van der Waals surface area contributed by atoms with Crippen LogP contribution < -0.4 is 0 Å². The molecule has 0 saturated carbocycles. The highest BCUT2D eigenvalue weighted by Gasteiger charge is 1.76. The summed E-state index contributed by atoms with van der Waals surface area (Å²) in [5.41, 5.74) is 3.04. The smallest absolute Gasteiger partial charge is 0.125 e. The van der Waals surface area contributed by atoms with Crippen LogP contribution in [0.1, 0.15) is 22.9 Å². The monoisotopic (exact) mass is 375 g/mol. The molecule has 4 aromatic heterocycles. The average molecular weight is 375 g/mol. The highest BCUT2D eigenvalue weighted by Crippen LogP contribution is 1.86. The summed E-state index contributed by atoms with van der Waals surface area (Å²) in [6.45, 7) is 7.68. The largest absolute Gasteiger partial charge is 0.262 e. The van der Waals surface area contributed by atoms with Crippen LogP contribution in [-0.4, -0.2) is 34.9 Å². The maximum absolute atomic E-state index is 3.98. The van der Waals surface area contributed by atoms with Gasteiger partial charge in [0.1, 0.15) is 12.2 Å². The van der Waals surface area contributed by atoms with E-state index < -0.39 is 0 Å². The van der Waals surface area contributed by atoms with Gasteiger partial charge in [0.2, 0.25) is 0 Å². The lowest BCUT2D eigenvalue weighted by atomic mass is 10.4. The number of aromatic nitrogens is 7. The van der Waals surface area contributed by atoms with E-state index in [-0.39, 0.29) is 0 Å². The molecule has 7 nitrogen and oxygen atoms in total. The van der Waals surface area contributed by atoms with Crippen molar-refractivity contribution >= 4 is 0 Å². The molecule has 0 atom stereocenters. The second kappa shape index (κ2) is 14.5. The number of rotatable bonds is 0. The predicted molar refractivity (Wildman–Crippen MR) is 109 cm³/mol. The lowest BCUT2D eigenvalue weighted by molar-refractivity contribution is 1.05. The summed E-state index contributed by atoms with van der Waals surface area (Å²) in [6, 6.07) is 9.52. The third-order valence-electron chi connectivity index (χ3n) is 2.93. The lowest BCUT2D eigenvalue weighted by Gasteiger charge is -1.82. The Morgan fingerprint density at radius 1 is 0.500 bits per heavy atom. The van der Waals surface area contributed by atoms with Gasteiger partial charge in [0.25, 0.3) is 0 Å². The molecule has 0 fully saturated rings. The molecule has 4 aromatic rings. The minimum atomic E-state index is 0.822. The van der Waals surface area contributed by atoms with Crippen molar-refractivity contribution in [3.8, 4) is 0 Å². The van der Waals surface area contributed by atoms with Crippen molar-refractivity contribution in [2.45, 2.75) is 27.7 Å². The number of pyridine rings is 1. The second-order valence-electron chi connectivity index (χ2n) is 5.46. The molecule has 0 bridgehead atoms. The van der Waals surface area contributed by atoms with Gasteiger partial charge in [-0.25, -0.2) is 19.9 Å². The van der Waals surface area contributed by atoms with Gasteiger partial charge >= 0.3 is 0 Å². The van der Waals surface area contributed by atoms with Crippen LogP contribution in [0.4, 0.5) is 0 Å². The fraction of sp³-hybridized carbons (Fsp3) is 0.190. The molecule has 7 heteroatoms. The van der Waals surface area contributed by atoms with Crippen molar-refractivity contribution < 1.29 is 0 Å². The Kier molecular flexibility index (Phi) is 11.7. The molecule has 0 aliphatic carbocycles. The number of hydrogen-bond acceptors (Lipinski definition) is 7. The Bertz CT molecular complexity index is 693. The van der Waals surface area contributed by atoms with E-state index in [1.165, 1.54) is 6.33 Å². The Morgan fingerprint density at radius 2 is 1.18 bits per heavy atom. The molecule has 0 aliphatic heterocycles. The zero-order valence-electron chi connectivity index (χ0n) is 16.6. The minimum absolute atomic E-state index is 0.822. The topological polar surface area (TPSA) is 90.2 Å². The summed E-state index contributed by atoms with van der Waals surface area (Å²) in [6.07, 6.45) is 13.6. The Morgan fingerprint density at radius 3 is 1.46 bits per heavy atom. The van der Waals surface area contributed by atoms with E-state index in [0.29, 0.717) is 0 Å². The molecule has 4 rings (SSSR count). The van der Waals surface area contributed by atoms with Crippen molar-refractivity contribution in [2.75, 3.05) is 0 Å². The van der Waals surface area contributed by atoms with Gasteiger partial charge in [-0.1, -0.05) is 6.07 Å². The van der Waals surface area contributed by atoms with Gasteiger partial charge in [0.05, 0.1) is 5.69 Å². The molecule has 4 heterocycles. The van der Waals surface area contributed by atoms with Crippen molar-refractivity contribution in [1.82, 2.24) is 34.9 Å². The maximum Gasteiger partial charge on any atom is 0.125 e. The van der Waals surface area contributed by atoms with E-state index in [9.17, 15) is 0 Å². The van der Waals surface area contributed by atoms with E-state index in [2.05, 4.69) is 34.9 Å². The summed E-state index contributed by atoms with van der Waals surface area (Å²) in [5, 5.41) is 0. The number of nitrogens with zero attached hydrogens (tertiary/aromatic N) is 7. The molecule has 28 heavy (non-hydrogen) atoms. The van der Waals surface area contributed by atoms with Crippen LogP contribution >= 0.6 is 0 Å². The van der Waals surface area contributed by atoms with Gasteiger partial charge in [-0.2, -0.15) is 0 Å². The highest BCUT2D eigenvalue weighted by molar-refractivity contribution is 5.00. The van der Waals surface area contributed by atoms with Crippen LogP contribution in [0.15, 0.2) is 80.0 Å². The van der Waals surface area contributed by atoms with Crippen molar-refractivity contribution in [3.05, 3.63) is 103 Å². The van der Waals surface area contributed by atoms with Crippen molar-refractivity contribution in [3.63, 3.8) is 0 Å². The van der Waals surface area contributed by atoms with E-state index in [4.69, 9.17) is 0 Å². The van der Waals surface area contributed by atoms with Crippen molar-refractivity contribution in [1.29, 1.82) is 0 Å². The zero-order chi connectivity index (χ0) is 20.5. The molecule has 0 unspecified atom stereocenters. The van der Waals surface area contributed by atoms with Crippen LogP contribution in [-0.2, 0) is 0 Å². The first kappa shape index (κ1) is 22.4. The quantitative estimate of drug-likeness (QED) is 0.462. The van der Waals surface area contributed by atoms with E-state index in [1.54, 1.807) is 49.4 Å². The molecule has 0 aliphatic rings. The Hall–Kier alpha value is -3.61. The fourth-order valence-electron chi connectivity index (χ4n) is 1.55. The van der Waals surface area contributed by atoms with Gasteiger partial charge in [0.15, 0.2) is 0 Å².